The van der Waals surface area contributed by atoms with E-state index in [0.717, 1.165) is 5.56 Å². The second kappa shape index (κ2) is 11.9. The van der Waals surface area contributed by atoms with Gasteiger partial charge in [-0.25, -0.2) is 4.79 Å². The van der Waals surface area contributed by atoms with Gasteiger partial charge in [-0.15, -0.1) is 0 Å². The molecule has 0 aromatic heterocycles. The van der Waals surface area contributed by atoms with Gasteiger partial charge in [0.1, 0.15) is 11.9 Å². The Morgan fingerprint density at radius 2 is 1.32 bits per heavy atom. The summed E-state index contributed by atoms with van der Waals surface area (Å²) in [5.74, 6) is -1.92. The summed E-state index contributed by atoms with van der Waals surface area (Å²) in [6.07, 6.45) is -4.95. The van der Waals surface area contributed by atoms with E-state index in [-0.39, 0.29) is 0 Å². The fourth-order valence-corrected chi connectivity index (χ4v) is 4.40. The molecule has 1 heterocycles. The summed E-state index contributed by atoms with van der Waals surface area (Å²) >= 11 is 0. The first-order valence-electron chi connectivity index (χ1n) is 11.6. The minimum atomic E-state index is -1.15. The second-order valence-corrected chi connectivity index (χ2v) is 8.48. The molecule has 3 rings (SSSR count). The number of carbonyl (C=O) groups is 4. The third-order valence-electron chi connectivity index (χ3n) is 5.85. The van der Waals surface area contributed by atoms with Crippen LogP contribution in [0.15, 0.2) is 42.5 Å². The van der Waals surface area contributed by atoms with Crippen LogP contribution in [-0.4, -0.2) is 62.5 Å². The number of esters is 4. The number of hydrogen-bond donors (Lipinski definition) is 0. The summed E-state index contributed by atoms with van der Waals surface area (Å²) in [5, 5.41) is 0. The van der Waals surface area contributed by atoms with Crippen LogP contribution < -0.4 is 4.74 Å². The van der Waals surface area contributed by atoms with Crippen molar-refractivity contribution < 1.29 is 47.6 Å². The van der Waals surface area contributed by atoms with Gasteiger partial charge in [-0.2, -0.15) is 0 Å². The van der Waals surface area contributed by atoms with Crippen molar-refractivity contribution in [3.05, 3.63) is 53.6 Å². The highest BCUT2D eigenvalue weighted by Gasteiger charge is 2.51. The normalized spacial score (nSPS) is 22.9. The molecule has 0 N–H and O–H groups in total. The molecule has 0 aliphatic carbocycles. The van der Waals surface area contributed by atoms with Gasteiger partial charge in [0.05, 0.1) is 25.9 Å². The van der Waals surface area contributed by atoms with Crippen LogP contribution in [0.3, 0.4) is 0 Å². The van der Waals surface area contributed by atoms with Crippen molar-refractivity contribution in [1.29, 1.82) is 0 Å². The van der Waals surface area contributed by atoms with E-state index in [1.54, 1.807) is 43.3 Å². The number of benzene rings is 2. The highest BCUT2D eigenvalue weighted by Crippen LogP contribution is 2.44. The number of carbonyl (C=O) groups excluding carboxylic acids is 4. The van der Waals surface area contributed by atoms with Crippen molar-refractivity contribution in [3.8, 4) is 16.9 Å². The highest BCUT2D eigenvalue weighted by molar-refractivity contribution is 5.90. The summed E-state index contributed by atoms with van der Waals surface area (Å²) in [6, 6.07) is 12.1. The first-order valence-corrected chi connectivity index (χ1v) is 11.6. The molecule has 0 amide bonds. The van der Waals surface area contributed by atoms with E-state index in [4.69, 9.17) is 28.4 Å². The van der Waals surface area contributed by atoms with Gasteiger partial charge >= 0.3 is 23.9 Å². The van der Waals surface area contributed by atoms with E-state index >= 15 is 0 Å². The van der Waals surface area contributed by atoms with Crippen molar-refractivity contribution in [1.82, 2.24) is 0 Å². The topological polar surface area (TPSA) is 124 Å². The summed E-state index contributed by atoms with van der Waals surface area (Å²) in [5.41, 5.74) is 2.34. The number of methoxy groups -OCH3 is 2. The number of rotatable bonds is 7. The lowest BCUT2D eigenvalue weighted by atomic mass is 9.88. The lowest BCUT2D eigenvalue weighted by Gasteiger charge is -2.44. The highest BCUT2D eigenvalue weighted by atomic mass is 16.6. The van der Waals surface area contributed by atoms with E-state index in [1.165, 1.54) is 35.0 Å². The summed E-state index contributed by atoms with van der Waals surface area (Å²) in [6.45, 7) is 5.33. The standard InChI is InChI=1S/C27H30O10/c1-14-22(35-15(2)28)25(36-16(3)29)26(37-17(4)30)24(34-14)21-9-7-8-20(23(21)32-5)18-10-12-19(13-11-18)27(31)33-6/h7-14,22,24-26H,1-6H3/t14-,22+,24+,25+,26+/m0/s1. The van der Waals surface area contributed by atoms with Gasteiger partial charge in [-0.1, -0.05) is 30.3 Å². The SMILES string of the molecule is COC(=O)c1ccc(-c2cccc([C@H]3O[C@@H](C)[C@@H](OC(C)=O)[C@@H](OC(C)=O)[C@@H]3OC(C)=O)c2OC)cc1. The maximum absolute atomic E-state index is 12.1. The largest absolute Gasteiger partial charge is 0.496 e. The molecule has 10 nitrogen and oxygen atoms in total. The lowest BCUT2D eigenvalue weighted by molar-refractivity contribution is -0.245. The Morgan fingerprint density at radius 1 is 0.757 bits per heavy atom. The molecule has 198 valence electrons. The fourth-order valence-electron chi connectivity index (χ4n) is 4.40. The van der Waals surface area contributed by atoms with Crippen LogP contribution in [0.25, 0.3) is 11.1 Å². The van der Waals surface area contributed by atoms with Crippen LogP contribution >= 0.6 is 0 Å². The predicted molar refractivity (Wildman–Crippen MR) is 130 cm³/mol. The molecule has 5 atom stereocenters. The molecule has 1 aliphatic rings. The maximum atomic E-state index is 12.1. The first-order chi connectivity index (χ1) is 17.6. The zero-order valence-corrected chi connectivity index (χ0v) is 21.5. The smallest absolute Gasteiger partial charge is 0.337 e. The first kappa shape index (κ1) is 27.7. The van der Waals surface area contributed by atoms with Gasteiger partial charge < -0.3 is 28.4 Å². The van der Waals surface area contributed by atoms with Gasteiger partial charge in [0.15, 0.2) is 18.3 Å². The molecule has 1 saturated heterocycles. The Labute approximate surface area is 214 Å². The Morgan fingerprint density at radius 3 is 1.86 bits per heavy atom. The van der Waals surface area contributed by atoms with E-state index in [2.05, 4.69) is 0 Å². The van der Waals surface area contributed by atoms with Crippen molar-refractivity contribution in [2.24, 2.45) is 0 Å². The quantitative estimate of drug-likeness (QED) is 0.401. The third-order valence-corrected chi connectivity index (χ3v) is 5.85. The second-order valence-electron chi connectivity index (χ2n) is 8.48. The van der Waals surface area contributed by atoms with Crippen molar-refractivity contribution >= 4 is 23.9 Å². The molecule has 0 saturated carbocycles. The Balaban J connectivity index is 2.11. The molecule has 2 aromatic carbocycles. The minimum Gasteiger partial charge on any atom is -0.496 e. The molecular formula is C27H30O10. The van der Waals surface area contributed by atoms with Gasteiger partial charge in [-0.05, 0) is 24.6 Å². The predicted octanol–water partition coefficient (Wildman–Crippen LogP) is 3.40. The van der Waals surface area contributed by atoms with Gasteiger partial charge in [-0.3, -0.25) is 14.4 Å². The molecule has 10 heteroatoms. The van der Waals surface area contributed by atoms with Gasteiger partial charge in [0, 0.05) is 31.9 Å². The van der Waals surface area contributed by atoms with Crippen LogP contribution in [0.4, 0.5) is 0 Å². The van der Waals surface area contributed by atoms with Crippen LogP contribution in [-0.2, 0) is 38.1 Å². The van der Waals surface area contributed by atoms with E-state index in [0.29, 0.717) is 22.4 Å². The number of ether oxygens (including phenoxy) is 6. The zero-order valence-electron chi connectivity index (χ0n) is 21.5. The Bertz CT molecular complexity index is 1160. The Hall–Kier alpha value is -3.92. The van der Waals surface area contributed by atoms with Crippen LogP contribution in [0, 0.1) is 0 Å². The fraction of sp³-hybridized carbons (Fsp3) is 0.407. The summed E-state index contributed by atoms with van der Waals surface area (Å²) < 4.78 is 33.3. The van der Waals surface area contributed by atoms with Crippen LogP contribution in [0.5, 0.6) is 5.75 Å². The van der Waals surface area contributed by atoms with Crippen molar-refractivity contribution in [3.63, 3.8) is 0 Å². The van der Waals surface area contributed by atoms with E-state index < -0.39 is 54.4 Å². The monoisotopic (exact) mass is 514 g/mol. The van der Waals surface area contributed by atoms with Crippen LogP contribution in [0.2, 0.25) is 0 Å². The lowest BCUT2D eigenvalue weighted by Crippen LogP contribution is -2.57. The molecule has 0 bridgehead atoms. The van der Waals surface area contributed by atoms with Gasteiger partial charge in [0.2, 0.25) is 0 Å². The maximum Gasteiger partial charge on any atom is 0.337 e. The average Bonchev–Trinajstić information content (AvgIpc) is 2.86. The molecule has 2 aromatic rings. The third kappa shape index (κ3) is 6.26. The van der Waals surface area contributed by atoms with Crippen molar-refractivity contribution in [2.45, 2.75) is 58.2 Å². The molecular weight excluding hydrogens is 484 g/mol. The molecule has 1 aliphatic heterocycles. The molecule has 37 heavy (non-hydrogen) atoms. The summed E-state index contributed by atoms with van der Waals surface area (Å²) in [4.78, 5) is 47.7. The minimum absolute atomic E-state index is 0.390. The van der Waals surface area contributed by atoms with Crippen LogP contribution in [0.1, 0.15) is 49.7 Å². The van der Waals surface area contributed by atoms with E-state index in [9.17, 15) is 19.2 Å². The average molecular weight is 515 g/mol. The Kier molecular flexibility index (Phi) is 8.88. The zero-order chi connectivity index (χ0) is 27.3. The molecule has 0 unspecified atom stereocenters. The number of para-hydroxylation sites is 1. The number of hydrogen-bond acceptors (Lipinski definition) is 10. The molecule has 0 radical (unpaired) electrons. The molecule has 1 fully saturated rings. The van der Waals surface area contributed by atoms with E-state index in [1.807, 2.05) is 6.07 Å². The molecule has 0 spiro atoms. The summed E-state index contributed by atoms with van der Waals surface area (Å²) in [7, 11) is 2.80. The van der Waals surface area contributed by atoms with Gasteiger partial charge in [0.25, 0.3) is 0 Å². The van der Waals surface area contributed by atoms with Crippen molar-refractivity contribution in [2.75, 3.05) is 14.2 Å².